The maximum absolute atomic E-state index is 2.34. The number of hydrogen-bond donors (Lipinski definition) is 0. The second kappa shape index (κ2) is 14.3. The summed E-state index contributed by atoms with van der Waals surface area (Å²) >= 11 is 0. The lowest BCUT2D eigenvalue weighted by atomic mass is 10.1. The Labute approximate surface area is 112 Å². The van der Waals surface area contributed by atoms with Gasteiger partial charge in [-0.1, -0.05) is 103 Å². The van der Waals surface area contributed by atoms with E-state index in [0.29, 0.717) is 0 Å². The van der Waals surface area contributed by atoms with Gasteiger partial charge in [-0.15, -0.1) is 0 Å². The Bertz CT molecular complexity index is 125. The molecule has 0 amide bonds. The molecule has 17 heavy (non-hydrogen) atoms. The van der Waals surface area contributed by atoms with Crippen molar-refractivity contribution in [1.82, 2.24) is 0 Å². The fourth-order valence-corrected chi connectivity index (χ4v) is 5.59. The van der Waals surface area contributed by atoms with Crippen LogP contribution in [0.2, 0.25) is 18.1 Å². The summed E-state index contributed by atoms with van der Waals surface area (Å²) in [5.74, 6) is 0. The molecule has 0 atom stereocenters. The van der Waals surface area contributed by atoms with Crippen molar-refractivity contribution >= 4 is 8.80 Å². The van der Waals surface area contributed by atoms with Gasteiger partial charge in [0.05, 0.1) is 0 Å². The SMILES string of the molecule is CCCCCCCC[Si](CCCC)CCCC. The highest BCUT2D eigenvalue weighted by Gasteiger charge is 2.09. The summed E-state index contributed by atoms with van der Waals surface area (Å²) in [5, 5.41) is 0. The topological polar surface area (TPSA) is 0 Å². The zero-order valence-electron chi connectivity index (χ0n) is 12.7. The summed E-state index contributed by atoms with van der Waals surface area (Å²) in [4.78, 5) is 0. The first-order valence-electron chi connectivity index (χ1n) is 8.18. The van der Waals surface area contributed by atoms with Crippen molar-refractivity contribution in [3.8, 4) is 0 Å². The summed E-state index contributed by atoms with van der Waals surface area (Å²) in [6.45, 7) is 6.98. The minimum absolute atomic E-state index is 0.0376. The predicted octanol–water partition coefficient (Wildman–Crippen LogP) is 6.44. The largest absolute Gasteiger partial charge is 0.0654 e. The van der Waals surface area contributed by atoms with E-state index in [9.17, 15) is 0 Å². The Morgan fingerprint density at radius 3 is 1.41 bits per heavy atom. The molecule has 0 aromatic rings. The van der Waals surface area contributed by atoms with E-state index in [4.69, 9.17) is 0 Å². The van der Waals surface area contributed by atoms with E-state index in [1.165, 1.54) is 64.2 Å². The van der Waals surface area contributed by atoms with Crippen LogP contribution in [0.15, 0.2) is 0 Å². The molecule has 0 fully saturated rings. The maximum Gasteiger partial charge on any atom is 0.0479 e. The summed E-state index contributed by atoms with van der Waals surface area (Å²) in [7, 11) is 0.0376. The third kappa shape index (κ3) is 12.5. The molecule has 0 aromatic heterocycles. The average Bonchev–Trinajstić information content (AvgIpc) is 2.35. The number of rotatable bonds is 13. The fourth-order valence-electron chi connectivity index (χ4n) is 2.38. The van der Waals surface area contributed by atoms with Crippen LogP contribution >= 0.6 is 0 Å². The van der Waals surface area contributed by atoms with Crippen LogP contribution in [0.3, 0.4) is 0 Å². The van der Waals surface area contributed by atoms with E-state index in [1.807, 2.05) is 0 Å². The van der Waals surface area contributed by atoms with Crippen molar-refractivity contribution in [3.63, 3.8) is 0 Å². The van der Waals surface area contributed by atoms with E-state index in [1.54, 1.807) is 18.1 Å². The van der Waals surface area contributed by atoms with Crippen molar-refractivity contribution in [2.45, 2.75) is 103 Å². The molecule has 0 heterocycles. The lowest BCUT2D eigenvalue weighted by Crippen LogP contribution is -2.11. The van der Waals surface area contributed by atoms with Crippen LogP contribution in [-0.4, -0.2) is 8.80 Å². The first-order chi connectivity index (χ1) is 8.35. The van der Waals surface area contributed by atoms with Gasteiger partial charge in [-0.25, -0.2) is 0 Å². The summed E-state index contributed by atoms with van der Waals surface area (Å²) < 4.78 is 0. The molecular weight excluding hydrogens is 220 g/mol. The highest BCUT2D eigenvalue weighted by Crippen LogP contribution is 2.17. The molecule has 1 heteroatoms. The first kappa shape index (κ1) is 17.2. The Morgan fingerprint density at radius 1 is 0.471 bits per heavy atom. The van der Waals surface area contributed by atoms with E-state index in [0.717, 1.165) is 0 Å². The maximum atomic E-state index is 2.34. The molecular formula is C16H35Si. The normalized spacial score (nSPS) is 11.3. The van der Waals surface area contributed by atoms with Crippen molar-refractivity contribution in [2.24, 2.45) is 0 Å². The second-order valence-corrected chi connectivity index (χ2v) is 8.47. The standard InChI is InChI=1S/C16H35Si/c1-4-7-10-11-12-13-16-17(14-8-5-2)15-9-6-3/h4-16H2,1-3H3. The van der Waals surface area contributed by atoms with Crippen LogP contribution < -0.4 is 0 Å². The lowest BCUT2D eigenvalue weighted by Gasteiger charge is -2.14. The Morgan fingerprint density at radius 2 is 0.882 bits per heavy atom. The van der Waals surface area contributed by atoms with Crippen LogP contribution in [0.5, 0.6) is 0 Å². The molecule has 0 saturated carbocycles. The minimum atomic E-state index is 0.0376. The highest BCUT2D eigenvalue weighted by molar-refractivity contribution is 6.58. The highest BCUT2D eigenvalue weighted by atomic mass is 28.3. The molecule has 0 aliphatic carbocycles. The van der Waals surface area contributed by atoms with E-state index < -0.39 is 0 Å². The molecule has 0 spiro atoms. The van der Waals surface area contributed by atoms with Crippen LogP contribution in [0.1, 0.15) is 85.0 Å². The Hall–Kier alpha value is 0.217. The molecule has 0 aliphatic rings. The molecule has 1 radical (unpaired) electrons. The van der Waals surface area contributed by atoms with Gasteiger partial charge >= 0.3 is 0 Å². The Balaban J connectivity index is 3.45. The van der Waals surface area contributed by atoms with E-state index in [-0.39, 0.29) is 8.80 Å². The average molecular weight is 256 g/mol. The molecule has 0 unspecified atom stereocenters. The molecule has 0 aromatic carbocycles. The van der Waals surface area contributed by atoms with Crippen LogP contribution in [-0.2, 0) is 0 Å². The second-order valence-electron chi connectivity index (χ2n) is 5.47. The monoisotopic (exact) mass is 255 g/mol. The summed E-state index contributed by atoms with van der Waals surface area (Å²) in [6, 6.07) is 4.79. The van der Waals surface area contributed by atoms with Gasteiger partial charge < -0.3 is 0 Å². The Kier molecular flexibility index (Phi) is 14.5. The fraction of sp³-hybridized carbons (Fsp3) is 1.00. The third-order valence-electron chi connectivity index (χ3n) is 3.65. The van der Waals surface area contributed by atoms with Crippen molar-refractivity contribution in [3.05, 3.63) is 0 Å². The van der Waals surface area contributed by atoms with Gasteiger partial charge in [-0.2, -0.15) is 0 Å². The van der Waals surface area contributed by atoms with Gasteiger partial charge in [0.2, 0.25) is 0 Å². The van der Waals surface area contributed by atoms with Gasteiger partial charge in [-0.05, 0) is 0 Å². The van der Waals surface area contributed by atoms with Crippen molar-refractivity contribution in [1.29, 1.82) is 0 Å². The van der Waals surface area contributed by atoms with E-state index >= 15 is 0 Å². The molecule has 0 N–H and O–H groups in total. The quantitative estimate of drug-likeness (QED) is 0.262. The number of hydrogen-bond acceptors (Lipinski definition) is 0. The van der Waals surface area contributed by atoms with Crippen molar-refractivity contribution in [2.75, 3.05) is 0 Å². The first-order valence-corrected chi connectivity index (χ1v) is 10.3. The number of unbranched alkanes of at least 4 members (excludes halogenated alkanes) is 7. The van der Waals surface area contributed by atoms with Gasteiger partial charge in [0.15, 0.2) is 0 Å². The lowest BCUT2D eigenvalue weighted by molar-refractivity contribution is 0.622. The third-order valence-corrected chi connectivity index (χ3v) is 6.83. The van der Waals surface area contributed by atoms with E-state index in [2.05, 4.69) is 20.8 Å². The minimum Gasteiger partial charge on any atom is -0.0654 e. The zero-order chi connectivity index (χ0) is 12.8. The van der Waals surface area contributed by atoms with Gasteiger partial charge in [0, 0.05) is 8.80 Å². The zero-order valence-corrected chi connectivity index (χ0v) is 13.7. The van der Waals surface area contributed by atoms with Crippen LogP contribution in [0.25, 0.3) is 0 Å². The van der Waals surface area contributed by atoms with Gasteiger partial charge in [-0.3, -0.25) is 0 Å². The summed E-state index contributed by atoms with van der Waals surface area (Å²) in [6.07, 6.45) is 14.6. The molecule has 0 rings (SSSR count). The molecule has 103 valence electrons. The predicted molar refractivity (Wildman–Crippen MR) is 83.4 cm³/mol. The smallest absolute Gasteiger partial charge is 0.0479 e. The summed E-state index contributed by atoms with van der Waals surface area (Å²) in [5.41, 5.74) is 0. The molecule has 0 aliphatic heterocycles. The van der Waals surface area contributed by atoms with Gasteiger partial charge in [0.1, 0.15) is 0 Å². The van der Waals surface area contributed by atoms with Crippen LogP contribution in [0, 0.1) is 0 Å². The molecule has 0 saturated heterocycles. The molecule has 0 bridgehead atoms. The van der Waals surface area contributed by atoms with Crippen LogP contribution in [0.4, 0.5) is 0 Å². The molecule has 0 nitrogen and oxygen atoms in total. The van der Waals surface area contributed by atoms with Crippen molar-refractivity contribution < 1.29 is 0 Å². The van der Waals surface area contributed by atoms with Gasteiger partial charge in [0.25, 0.3) is 0 Å².